The van der Waals surface area contributed by atoms with Crippen molar-refractivity contribution in [1.29, 1.82) is 0 Å². The van der Waals surface area contributed by atoms with Gasteiger partial charge in [0.15, 0.2) is 0 Å². The normalized spacial score (nSPS) is 18.7. The zero-order valence-corrected chi connectivity index (χ0v) is 8.90. The number of hydrogen-bond acceptors (Lipinski definition) is 3. The van der Waals surface area contributed by atoms with Gasteiger partial charge in [-0.2, -0.15) is 0 Å². The van der Waals surface area contributed by atoms with Crippen LogP contribution in [0.3, 0.4) is 0 Å². The lowest BCUT2D eigenvalue weighted by atomic mass is 10.0. The molecular formula is C10H15NO4. The van der Waals surface area contributed by atoms with Crippen LogP contribution in [0.2, 0.25) is 0 Å². The molecule has 0 aromatic carbocycles. The van der Waals surface area contributed by atoms with Crippen molar-refractivity contribution in [3.63, 3.8) is 0 Å². The van der Waals surface area contributed by atoms with Crippen LogP contribution in [0.5, 0.6) is 0 Å². The molecule has 0 unspecified atom stereocenters. The maximum Gasteiger partial charge on any atom is 0.326 e. The van der Waals surface area contributed by atoms with Crippen LogP contribution in [0.1, 0.15) is 33.1 Å². The summed E-state index contributed by atoms with van der Waals surface area (Å²) in [5.74, 6) is -1.71. The second-order valence-electron chi connectivity index (χ2n) is 4.14. The first kappa shape index (κ1) is 11.7. The highest BCUT2D eigenvalue weighted by atomic mass is 16.4. The molecule has 84 valence electrons. The summed E-state index contributed by atoms with van der Waals surface area (Å²) in [5.41, 5.74) is 0. The highest BCUT2D eigenvalue weighted by Gasteiger charge is 2.38. The average molecular weight is 213 g/mol. The van der Waals surface area contributed by atoms with E-state index in [1.54, 1.807) is 0 Å². The van der Waals surface area contributed by atoms with Gasteiger partial charge in [0.2, 0.25) is 11.8 Å². The zero-order chi connectivity index (χ0) is 11.6. The summed E-state index contributed by atoms with van der Waals surface area (Å²) in [6.07, 6.45) is 0.591. The quantitative estimate of drug-likeness (QED) is 0.695. The van der Waals surface area contributed by atoms with Gasteiger partial charge < -0.3 is 5.11 Å². The number of carboxylic acid groups (broad SMARTS) is 1. The first-order valence-corrected chi connectivity index (χ1v) is 5.01. The fraction of sp³-hybridized carbons (Fsp3) is 0.700. The minimum Gasteiger partial charge on any atom is -0.480 e. The van der Waals surface area contributed by atoms with E-state index in [1.165, 1.54) is 0 Å². The molecule has 1 saturated heterocycles. The molecule has 1 atom stereocenters. The third-order valence-electron chi connectivity index (χ3n) is 2.38. The topological polar surface area (TPSA) is 74.7 Å². The molecule has 15 heavy (non-hydrogen) atoms. The Hall–Kier alpha value is -1.39. The van der Waals surface area contributed by atoms with Crippen molar-refractivity contribution in [3.05, 3.63) is 0 Å². The minimum atomic E-state index is -1.10. The van der Waals surface area contributed by atoms with Gasteiger partial charge in [-0.15, -0.1) is 0 Å². The number of rotatable bonds is 4. The number of likely N-dealkylation sites (tertiary alicyclic amines) is 1. The molecule has 0 aromatic rings. The van der Waals surface area contributed by atoms with Gasteiger partial charge >= 0.3 is 5.97 Å². The number of nitrogens with zero attached hydrogens (tertiary/aromatic N) is 1. The fourth-order valence-electron chi connectivity index (χ4n) is 1.70. The Morgan fingerprint density at radius 1 is 1.33 bits per heavy atom. The highest BCUT2D eigenvalue weighted by molar-refractivity contribution is 6.04. The molecule has 0 bridgehead atoms. The third kappa shape index (κ3) is 2.55. The number of carbonyl (C=O) groups is 3. The van der Waals surface area contributed by atoms with E-state index in [4.69, 9.17) is 5.11 Å². The molecule has 1 N–H and O–H groups in total. The third-order valence-corrected chi connectivity index (χ3v) is 2.38. The van der Waals surface area contributed by atoms with E-state index in [2.05, 4.69) is 0 Å². The average Bonchev–Trinajstić information content (AvgIpc) is 2.42. The monoisotopic (exact) mass is 213 g/mol. The fourth-order valence-corrected chi connectivity index (χ4v) is 1.70. The van der Waals surface area contributed by atoms with E-state index in [-0.39, 0.29) is 30.6 Å². The maximum atomic E-state index is 11.4. The Morgan fingerprint density at radius 3 is 2.13 bits per heavy atom. The van der Waals surface area contributed by atoms with Crippen LogP contribution in [0.25, 0.3) is 0 Å². The molecule has 1 aliphatic heterocycles. The van der Waals surface area contributed by atoms with Crippen LogP contribution < -0.4 is 0 Å². The molecule has 0 radical (unpaired) electrons. The molecule has 0 spiro atoms. The van der Waals surface area contributed by atoms with Gasteiger partial charge in [0.25, 0.3) is 0 Å². The van der Waals surface area contributed by atoms with Crippen LogP contribution in [0.4, 0.5) is 0 Å². The van der Waals surface area contributed by atoms with Gasteiger partial charge in [0.05, 0.1) is 0 Å². The summed E-state index contributed by atoms with van der Waals surface area (Å²) in [6, 6.07) is -0.993. The molecule has 1 rings (SSSR count). The van der Waals surface area contributed by atoms with E-state index in [9.17, 15) is 14.4 Å². The van der Waals surface area contributed by atoms with Crippen molar-refractivity contribution in [3.8, 4) is 0 Å². The molecule has 0 saturated carbocycles. The van der Waals surface area contributed by atoms with E-state index >= 15 is 0 Å². The molecule has 1 aliphatic rings. The summed E-state index contributed by atoms with van der Waals surface area (Å²) in [4.78, 5) is 34.6. The number of carbonyl (C=O) groups excluding carboxylic acids is 2. The summed E-state index contributed by atoms with van der Waals surface area (Å²) in [6.45, 7) is 3.72. The van der Waals surface area contributed by atoms with Crippen LogP contribution in [0, 0.1) is 5.92 Å². The Morgan fingerprint density at radius 2 is 1.80 bits per heavy atom. The van der Waals surface area contributed by atoms with E-state index < -0.39 is 12.0 Å². The van der Waals surface area contributed by atoms with Crippen molar-refractivity contribution >= 4 is 17.8 Å². The number of amides is 2. The standard InChI is InChI=1S/C10H15NO4/c1-6(2)5-7(10(14)15)11-8(12)3-4-9(11)13/h6-7H,3-5H2,1-2H3,(H,14,15)/t7-/m0/s1. The molecular weight excluding hydrogens is 198 g/mol. The van der Waals surface area contributed by atoms with E-state index in [0.717, 1.165) is 4.90 Å². The first-order valence-electron chi connectivity index (χ1n) is 5.01. The van der Waals surface area contributed by atoms with E-state index in [1.807, 2.05) is 13.8 Å². The van der Waals surface area contributed by atoms with Gasteiger partial charge in [-0.05, 0) is 12.3 Å². The Kier molecular flexibility index (Phi) is 3.44. The highest BCUT2D eigenvalue weighted by Crippen LogP contribution is 2.20. The lowest BCUT2D eigenvalue weighted by Gasteiger charge is -2.23. The largest absolute Gasteiger partial charge is 0.480 e. The van der Waals surface area contributed by atoms with Crippen molar-refractivity contribution in [2.45, 2.75) is 39.2 Å². The lowest BCUT2D eigenvalue weighted by molar-refractivity contribution is -0.154. The molecule has 1 fully saturated rings. The smallest absolute Gasteiger partial charge is 0.326 e. The maximum absolute atomic E-state index is 11.4. The molecule has 2 amide bonds. The Bertz CT molecular complexity index is 282. The van der Waals surface area contributed by atoms with Crippen LogP contribution in [0.15, 0.2) is 0 Å². The molecule has 5 nitrogen and oxygen atoms in total. The molecule has 0 aliphatic carbocycles. The number of aliphatic carboxylic acids is 1. The van der Waals surface area contributed by atoms with Crippen molar-refractivity contribution in [1.82, 2.24) is 4.90 Å². The van der Waals surface area contributed by atoms with Crippen LogP contribution in [-0.4, -0.2) is 33.8 Å². The van der Waals surface area contributed by atoms with Gasteiger partial charge in [0.1, 0.15) is 6.04 Å². The van der Waals surface area contributed by atoms with Crippen molar-refractivity contribution in [2.75, 3.05) is 0 Å². The van der Waals surface area contributed by atoms with E-state index in [0.29, 0.717) is 6.42 Å². The Labute approximate surface area is 88.1 Å². The van der Waals surface area contributed by atoms with Crippen molar-refractivity contribution < 1.29 is 19.5 Å². The molecule has 1 heterocycles. The number of carboxylic acids is 1. The van der Waals surface area contributed by atoms with Gasteiger partial charge in [-0.3, -0.25) is 14.5 Å². The van der Waals surface area contributed by atoms with Gasteiger partial charge in [-0.25, -0.2) is 4.79 Å². The predicted octanol–water partition coefficient (Wildman–Crippen LogP) is 0.635. The zero-order valence-electron chi connectivity index (χ0n) is 8.90. The van der Waals surface area contributed by atoms with Crippen LogP contribution in [-0.2, 0) is 14.4 Å². The van der Waals surface area contributed by atoms with Gasteiger partial charge in [0, 0.05) is 12.8 Å². The SMILES string of the molecule is CC(C)C[C@@H](C(=O)O)N1C(=O)CCC1=O. The second-order valence-corrected chi connectivity index (χ2v) is 4.14. The summed E-state index contributed by atoms with van der Waals surface area (Å²) < 4.78 is 0. The number of hydrogen-bond donors (Lipinski definition) is 1. The first-order chi connectivity index (χ1) is 6.93. The van der Waals surface area contributed by atoms with Crippen molar-refractivity contribution in [2.24, 2.45) is 5.92 Å². The second kappa shape index (κ2) is 4.42. The molecule has 5 heteroatoms. The summed E-state index contributed by atoms with van der Waals surface area (Å²) in [5, 5.41) is 8.97. The summed E-state index contributed by atoms with van der Waals surface area (Å²) >= 11 is 0. The molecule has 0 aromatic heterocycles. The lowest BCUT2D eigenvalue weighted by Crippen LogP contribution is -2.45. The van der Waals surface area contributed by atoms with Gasteiger partial charge in [-0.1, -0.05) is 13.8 Å². The Balaban J connectivity index is 2.83. The summed E-state index contributed by atoms with van der Waals surface area (Å²) in [7, 11) is 0. The minimum absolute atomic E-state index is 0.132. The number of imide groups is 1. The predicted molar refractivity (Wildman–Crippen MR) is 52.0 cm³/mol. The van der Waals surface area contributed by atoms with Crippen LogP contribution >= 0.6 is 0 Å².